The average molecular weight is 346 g/mol. The van der Waals surface area contributed by atoms with Gasteiger partial charge in [-0.15, -0.1) is 0 Å². The first kappa shape index (κ1) is 15.8. The minimum atomic E-state index is -4.37. The summed E-state index contributed by atoms with van der Waals surface area (Å²) in [4.78, 5) is 37.3. The molecule has 2 aromatic rings. The van der Waals surface area contributed by atoms with Crippen LogP contribution in [-0.2, 0) is 10.0 Å². The predicted molar refractivity (Wildman–Crippen MR) is 75.5 cm³/mol. The average Bonchev–Trinajstić information content (AvgIpc) is 2.36. The van der Waals surface area contributed by atoms with E-state index in [0.29, 0.717) is 0 Å². The summed E-state index contributed by atoms with van der Waals surface area (Å²) in [7, 11) is -4.37. The second kappa shape index (κ2) is 5.66. The normalized spacial score (nSPS) is 11.1. The van der Waals surface area contributed by atoms with Crippen molar-refractivity contribution in [3.8, 4) is 5.88 Å². The molecule has 0 saturated carbocycles. The summed E-state index contributed by atoms with van der Waals surface area (Å²) in [6.45, 7) is 0. The molecule has 9 nitrogen and oxygen atoms in total. The molecule has 0 saturated heterocycles. The molecule has 0 atom stereocenters. The molecule has 1 aromatic heterocycles. The molecule has 0 aliphatic heterocycles. The first-order valence-corrected chi connectivity index (χ1v) is 7.46. The Morgan fingerprint density at radius 3 is 2.41 bits per heavy atom. The maximum absolute atomic E-state index is 12.0. The number of halogens is 1. The van der Waals surface area contributed by atoms with Gasteiger partial charge in [-0.1, -0.05) is 23.7 Å². The summed E-state index contributed by atoms with van der Waals surface area (Å²) in [6.07, 6.45) is 0. The summed E-state index contributed by atoms with van der Waals surface area (Å²) in [6, 6.07) is 5.32. The molecule has 2 rings (SSSR count). The van der Waals surface area contributed by atoms with Crippen molar-refractivity contribution in [2.45, 2.75) is 4.90 Å². The van der Waals surface area contributed by atoms with E-state index >= 15 is 0 Å². The Kier molecular flexibility index (Phi) is 4.06. The van der Waals surface area contributed by atoms with Crippen LogP contribution in [-0.4, -0.2) is 29.4 Å². The van der Waals surface area contributed by atoms with Crippen molar-refractivity contribution < 1.29 is 18.3 Å². The Hall–Kier alpha value is -2.59. The van der Waals surface area contributed by atoms with Crippen LogP contribution in [0.1, 0.15) is 10.4 Å². The molecule has 0 aliphatic rings. The largest absolute Gasteiger partial charge is 0.494 e. The van der Waals surface area contributed by atoms with Crippen molar-refractivity contribution >= 4 is 27.5 Å². The highest BCUT2D eigenvalue weighted by atomic mass is 35.5. The first-order valence-electron chi connectivity index (χ1n) is 5.59. The highest BCUT2D eigenvalue weighted by Gasteiger charge is 2.25. The second-order valence-electron chi connectivity index (χ2n) is 4.00. The van der Waals surface area contributed by atoms with Crippen molar-refractivity contribution in [3.05, 3.63) is 55.7 Å². The van der Waals surface area contributed by atoms with E-state index in [9.17, 15) is 27.9 Å². The number of benzene rings is 1. The predicted octanol–water partition coefficient (Wildman–Crippen LogP) is -0.459. The van der Waals surface area contributed by atoms with E-state index in [0.717, 1.165) is 6.07 Å². The van der Waals surface area contributed by atoms with E-state index in [1.807, 2.05) is 0 Å². The standard InChI is InChI=1S/C11H8ClN3O6S/c12-5-3-1-2-4-6(5)22(20,21)15-10(18)7-8(16)13-11(19)14-9(7)17/h1-4H,(H,15,18)(H3,13,14,16,17,19). The zero-order valence-corrected chi connectivity index (χ0v) is 12.2. The number of hydrogen-bond acceptors (Lipinski definition) is 6. The van der Waals surface area contributed by atoms with Crippen LogP contribution in [0, 0.1) is 0 Å². The van der Waals surface area contributed by atoms with Gasteiger partial charge >= 0.3 is 5.69 Å². The third-order valence-electron chi connectivity index (χ3n) is 2.50. The number of amides is 1. The number of carbonyl (C=O) groups excluding carboxylic acids is 1. The van der Waals surface area contributed by atoms with Crippen LogP contribution >= 0.6 is 11.6 Å². The number of aromatic nitrogens is 2. The Morgan fingerprint density at radius 1 is 1.18 bits per heavy atom. The Labute approximate surface area is 127 Å². The molecule has 0 unspecified atom stereocenters. The highest BCUT2D eigenvalue weighted by Crippen LogP contribution is 2.20. The highest BCUT2D eigenvalue weighted by molar-refractivity contribution is 7.90. The molecule has 0 fully saturated rings. The summed E-state index contributed by atoms with van der Waals surface area (Å²) in [5, 5.41) is 9.27. The number of aromatic amines is 2. The molecular formula is C11H8ClN3O6S. The van der Waals surface area contributed by atoms with Gasteiger partial charge in [0.2, 0.25) is 5.88 Å². The molecule has 116 valence electrons. The number of aromatic hydroxyl groups is 1. The zero-order valence-electron chi connectivity index (χ0n) is 10.6. The number of hydrogen-bond donors (Lipinski definition) is 4. The summed E-state index contributed by atoms with van der Waals surface area (Å²) < 4.78 is 25.7. The van der Waals surface area contributed by atoms with Gasteiger partial charge in [-0.05, 0) is 12.1 Å². The second-order valence-corrected chi connectivity index (χ2v) is 6.05. The van der Waals surface area contributed by atoms with Crippen molar-refractivity contribution in [1.82, 2.24) is 14.7 Å². The lowest BCUT2D eigenvalue weighted by Gasteiger charge is -2.08. The molecule has 1 heterocycles. The van der Waals surface area contributed by atoms with E-state index in [2.05, 4.69) is 0 Å². The Morgan fingerprint density at radius 2 is 1.82 bits per heavy atom. The lowest BCUT2D eigenvalue weighted by Crippen LogP contribution is -2.36. The van der Waals surface area contributed by atoms with Crippen LogP contribution in [0.4, 0.5) is 0 Å². The van der Waals surface area contributed by atoms with Crippen LogP contribution < -0.4 is 16.0 Å². The molecule has 0 spiro atoms. The summed E-state index contributed by atoms with van der Waals surface area (Å²) >= 11 is 5.73. The van der Waals surface area contributed by atoms with Crippen LogP contribution in [0.2, 0.25) is 5.02 Å². The van der Waals surface area contributed by atoms with Crippen LogP contribution in [0.15, 0.2) is 38.8 Å². The summed E-state index contributed by atoms with van der Waals surface area (Å²) in [5.74, 6) is -2.48. The van der Waals surface area contributed by atoms with Crippen molar-refractivity contribution in [3.63, 3.8) is 0 Å². The fourth-order valence-electron chi connectivity index (χ4n) is 1.58. The van der Waals surface area contributed by atoms with Gasteiger partial charge < -0.3 is 5.11 Å². The van der Waals surface area contributed by atoms with Gasteiger partial charge in [0.1, 0.15) is 4.90 Å². The smallest absolute Gasteiger partial charge is 0.328 e. The zero-order chi connectivity index (χ0) is 16.5. The quantitative estimate of drug-likeness (QED) is 0.591. The Balaban J connectivity index is 2.44. The van der Waals surface area contributed by atoms with Crippen molar-refractivity contribution in [2.24, 2.45) is 0 Å². The number of nitrogens with one attached hydrogen (secondary N) is 3. The van der Waals surface area contributed by atoms with Gasteiger partial charge in [0.15, 0.2) is 5.56 Å². The fraction of sp³-hybridized carbons (Fsp3) is 0. The van der Waals surface area contributed by atoms with Gasteiger partial charge in [-0.25, -0.2) is 17.9 Å². The molecule has 1 amide bonds. The molecule has 0 bridgehead atoms. The fourth-order valence-corrected chi connectivity index (χ4v) is 3.05. The third kappa shape index (κ3) is 3.02. The van der Waals surface area contributed by atoms with Crippen molar-refractivity contribution in [1.29, 1.82) is 0 Å². The summed E-state index contributed by atoms with van der Waals surface area (Å²) in [5.41, 5.74) is -3.24. The number of sulfonamides is 1. The van der Waals surface area contributed by atoms with Gasteiger partial charge in [-0.2, -0.15) is 0 Å². The maximum Gasteiger partial charge on any atom is 0.328 e. The third-order valence-corrected chi connectivity index (χ3v) is 4.33. The van der Waals surface area contributed by atoms with Crippen LogP contribution in [0.25, 0.3) is 0 Å². The Bertz CT molecular complexity index is 962. The van der Waals surface area contributed by atoms with E-state index in [1.165, 1.54) is 18.2 Å². The molecule has 11 heteroatoms. The van der Waals surface area contributed by atoms with E-state index in [1.54, 1.807) is 14.7 Å². The van der Waals surface area contributed by atoms with Gasteiger partial charge in [0.25, 0.3) is 21.5 Å². The molecule has 1 aromatic carbocycles. The van der Waals surface area contributed by atoms with Crippen LogP contribution in [0.3, 0.4) is 0 Å². The van der Waals surface area contributed by atoms with E-state index in [4.69, 9.17) is 11.6 Å². The molecule has 0 radical (unpaired) electrons. The molecule has 0 aliphatic carbocycles. The number of H-pyrrole nitrogens is 2. The first-order chi connectivity index (χ1) is 10.2. The lowest BCUT2D eigenvalue weighted by atomic mass is 10.3. The molecular weight excluding hydrogens is 338 g/mol. The van der Waals surface area contributed by atoms with Gasteiger partial charge in [-0.3, -0.25) is 19.6 Å². The van der Waals surface area contributed by atoms with Crippen LogP contribution in [0.5, 0.6) is 5.88 Å². The van der Waals surface area contributed by atoms with E-state index in [-0.39, 0.29) is 9.92 Å². The topological polar surface area (TPSA) is 149 Å². The van der Waals surface area contributed by atoms with Gasteiger partial charge in [0, 0.05) is 0 Å². The number of rotatable bonds is 3. The molecule has 22 heavy (non-hydrogen) atoms. The molecule has 4 N–H and O–H groups in total. The van der Waals surface area contributed by atoms with Gasteiger partial charge in [0.05, 0.1) is 5.02 Å². The maximum atomic E-state index is 12.0. The minimum absolute atomic E-state index is 0.137. The van der Waals surface area contributed by atoms with E-state index < -0.39 is 38.6 Å². The monoisotopic (exact) mass is 345 g/mol. The lowest BCUT2D eigenvalue weighted by molar-refractivity contribution is 0.0976. The van der Waals surface area contributed by atoms with Crippen molar-refractivity contribution in [2.75, 3.05) is 0 Å². The minimum Gasteiger partial charge on any atom is -0.494 e. The SMILES string of the molecule is O=C(NS(=O)(=O)c1ccccc1Cl)c1c(O)[nH]c(=O)[nH]c1=O. The number of carbonyl (C=O) groups is 1.